The summed E-state index contributed by atoms with van der Waals surface area (Å²) < 4.78 is 39.3. The van der Waals surface area contributed by atoms with Crippen molar-refractivity contribution in [3.63, 3.8) is 0 Å². The van der Waals surface area contributed by atoms with Crippen LogP contribution in [0.4, 0.5) is 18.9 Å². The molecular weight excluding hydrogens is 301 g/mol. The van der Waals surface area contributed by atoms with Gasteiger partial charge in [-0.2, -0.15) is 0 Å². The Hall–Kier alpha value is -2.01. The maximum absolute atomic E-state index is 13.3. The van der Waals surface area contributed by atoms with Gasteiger partial charge in [0.2, 0.25) is 0 Å². The van der Waals surface area contributed by atoms with Gasteiger partial charge in [0, 0.05) is 38.4 Å². The van der Waals surface area contributed by atoms with Crippen molar-refractivity contribution in [3.8, 4) is 0 Å². The molecule has 1 fully saturated rings. The Bertz CT molecular complexity index is 658. The summed E-state index contributed by atoms with van der Waals surface area (Å²) in [4.78, 5) is 4.46. The van der Waals surface area contributed by atoms with Gasteiger partial charge in [0.1, 0.15) is 5.82 Å². The minimum Gasteiger partial charge on any atom is -0.370 e. The lowest BCUT2D eigenvalue weighted by atomic mass is 10.2. The van der Waals surface area contributed by atoms with Crippen LogP contribution < -0.4 is 4.90 Å². The van der Waals surface area contributed by atoms with Crippen LogP contribution in [0.2, 0.25) is 0 Å². The van der Waals surface area contributed by atoms with E-state index in [2.05, 4.69) is 9.80 Å². The number of hydrogen-bond acceptors (Lipinski definition) is 2. The lowest BCUT2D eigenvalue weighted by Crippen LogP contribution is -2.30. The molecule has 0 amide bonds. The number of halogens is 3. The molecule has 0 bridgehead atoms. The van der Waals surface area contributed by atoms with E-state index in [0.29, 0.717) is 6.54 Å². The van der Waals surface area contributed by atoms with E-state index in [1.165, 1.54) is 24.3 Å². The summed E-state index contributed by atoms with van der Waals surface area (Å²) in [5.74, 6) is -1.85. The normalized spacial score (nSPS) is 16.4. The number of hydrogen-bond donors (Lipinski definition) is 0. The molecule has 0 radical (unpaired) electrons. The van der Waals surface area contributed by atoms with Gasteiger partial charge < -0.3 is 4.90 Å². The van der Waals surface area contributed by atoms with Crippen molar-refractivity contribution in [2.75, 3.05) is 31.1 Å². The third kappa shape index (κ3) is 4.05. The number of anilines is 1. The zero-order valence-electron chi connectivity index (χ0n) is 12.8. The lowest BCUT2D eigenvalue weighted by Gasteiger charge is -2.23. The van der Waals surface area contributed by atoms with Crippen LogP contribution in [0.5, 0.6) is 0 Å². The van der Waals surface area contributed by atoms with Gasteiger partial charge in [0.25, 0.3) is 0 Å². The van der Waals surface area contributed by atoms with Gasteiger partial charge in [0.15, 0.2) is 11.6 Å². The third-order valence-corrected chi connectivity index (χ3v) is 4.17. The summed E-state index contributed by atoms with van der Waals surface area (Å²) in [6.45, 7) is 4.07. The standard InChI is InChI=1S/C18H19F3N2/c19-15-3-5-16(6-4-15)23-9-1-8-22(10-11-23)13-14-2-7-17(20)18(21)12-14/h2-7,12H,1,8-11,13H2. The fraction of sp³-hybridized carbons (Fsp3) is 0.333. The van der Waals surface area contributed by atoms with E-state index in [1.807, 2.05) is 0 Å². The second kappa shape index (κ2) is 7.04. The average molecular weight is 320 g/mol. The van der Waals surface area contributed by atoms with Crippen molar-refractivity contribution in [2.24, 2.45) is 0 Å². The second-order valence-corrected chi connectivity index (χ2v) is 5.84. The highest BCUT2D eigenvalue weighted by Gasteiger charge is 2.16. The van der Waals surface area contributed by atoms with Crippen LogP contribution in [0.1, 0.15) is 12.0 Å². The van der Waals surface area contributed by atoms with Gasteiger partial charge in [-0.05, 0) is 48.4 Å². The summed E-state index contributed by atoms with van der Waals surface area (Å²) in [6, 6.07) is 10.6. The Kier molecular flexibility index (Phi) is 4.86. The molecule has 0 N–H and O–H groups in total. The van der Waals surface area contributed by atoms with E-state index in [1.54, 1.807) is 18.2 Å². The Morgan fingerprint density at radius 2 is 1.57 bits per heavy atom. The Morgan fingerprint density at radius 3 is 2.30 bits per heavy atom. The zero-order valence-corrected chi connectivity index (χ0v) is 12.8. The molecule has 0 spiro atoms. The molecule has 1 aliphatic rings. The Labute approximate surface area is 134 Å². The molecule has 1 aliphatic heterocycles. The fourth-order valence-electron chi connectivity index (χ4n) is 2.94. The van der Waals surface area contributed by atoms with Crippen molar-refractivity contribution in [1.29, 1.82) is 0 Å². The van der Waals surface area contributed by atoms with Gasteiger partial charge in [-0.1, -0.05) is 6.07 Å². The smallest absolute Gasteiger partial charge is 0.159 e. The molecule has 2 aromatic rings. The topological polar surface area (TPSA) is 6.48 Å². The van der Waals surface area contributed by atoms with Crippen molar-refractivity contribution < 1.29 is 13.2 Å². The summed E-state index contributed by atoms with van der Waals surface area (Å²) in [6.07, 6.45) is 0.973. The van der Waals surface area contributed by atoms with Crippen LogP contribution in [-0.4, -0.2) is 31.1 Å². The van der Waals surface area contributed by atoms with Crippen LogP contribution in [0.15, 0.2) is 42.5 Å². The minimum absolute atomic E-state index is 0.233. The minimum atomic E-state index is -0.813. The maximum Gasteiger partial charge on any atom is 0.159 e. The van der Waals surface area contributed by atoms with Crippen LogP contribution in [0.25, 0.3) is 0 Å². The molecule has 0 aromatic heterocycles. The first kappa shape index (κ1) is 15.9. The predicted molar refractivity (Wildman–Crippen MR) is 84.9 cm³/mol. The molecule has 2 nitrogen and oxygen atoms in total. The lowest BCUT2D eigenvalue weighted by molar-refractivity contribution is 0.285. The van der Waals surface area contributed by atoms with E-state index in [4.69, 9.17) is 0 Å². The highest BCUT2D eigenvalue weighted by atomic mass is 19.2. The van der Waals surface area contributed by atoms with Crippen LogP contribution >= 0.6 is 0 Å². The molecule has 0 saturated carbocycles. The van der Waals surface area contributed by atoms with Crippen molar-refractivity contribution >= 4 is 5.69 Å². The first-order chi connectivity index (χ1) is 11.1. The molecule has 2 aromatic carbocycles. The van der Waals surface area contributed by atoms with Crippen LogP contribution in [-0.2, 0) is 6.54 Å². The molecule has 0 atom stereocenters. The Balaban J connectivity index is 1.61. The molecule has 122 valence electrons. The Morgan fingerprint density at radius 1 is 0.783 bits per heavy atom. The van der Waals surface area contributed by atoms with E-state index < -0.39 is 11.6 Å². The van der Waals surface area contributed by atoms with Gasteiger partial charge in [-0.25, -0.2) is 13.2 Å². The van der Waals surface area contributed by atoms with Crippen LogP contribution in [0, 0.1) is 17.5 Å². The maximum atomic E-state index is 13.3. The fourth-order valence-corrected chi connectivity index (χ4v) is 2.94. The van der Waals surface area contributed by atoms with Crippen molar-refractivity contribution in [1.82, 2.24) is 4.90 Å². The summed E-state index contributed by atoms with van der Waals surface area (Å²) in [5, 5.41) is 0. The highest BCUT2D eigenvalue weighted by Crippen LogP contribution is 2.18. The first-order valence-corrected chi connectivity index (χ1v) is 7.78. The summed E-state index contributed by atoms with van der Waals surface area (Å²) in [5.41, 5.74) is 1.79. The molecule has 0 aliphatic carbocycles. The van der Waals surface area contributed by atoms with E-state index in [0.717, 1.165) is 43.9 Å². The second-order valence-electron chi connectivity index (χ2n) is 5.84. The summed E-state index contributed by atoms with van der Waals surface area (Å²) >= 11 is 0. The molecule has 0 unspecified atom stereocenters. The van der Waals surface area contributed by atoms with Gasteiger partial charge in [-0.3, -0.25) is 4.90 Å². The van der Waals surface area contributed by atoms with E-state index in [-0.39, 0.29) is 5.82 Å². The van der Waals surface area contributed by atoms with Crippen LogP contribution in [0.3, 0.4) is 0 Å². The predicted octanol–water partition coefficient (Wildman–Crippen LogP) is 3.82. The quantitative estimate of drug-likeness (QED) is 0.848. The van der Waals surface area contributed by atoms with Crippen molar-refractivity contribution in [2.45, 2.75) is 13.0 Å². The number of rotatable bonds is 3. The van der Waals surface area contributed by atoms with E-state index in [9.17, 15) is 13.2 Å². The van der Waals surface area contributed by atoms with Gasteiger partial charge in [0.05, 0.1) is 0 Å². The third-order valence-electron chi connectivity index (χ3n) is 4.17. The van der Waals surface area contributed by atoms with Gasteiger partial charge >= 0.3 is 0 Å². The molecular formula is C18H19F3N2. The highest BCUT2D eigenvalue weighted by molar-refractivity contribution is 5.46. The molecule has 23 heavy (non-hydrogen) atoms. The molecule has 5 heteroatoms. The number of benzene rings is 2. The van der Waals surface area contributed by atoms with Crippen molar-refractivity contribution in [3.05, 3.63) is 65.5 Å². The number of nitrogens with zero attached hydrogens (tertiary/aromatic N) is 2. The average Bonchev–Trinajstić information content (AvgIpc) is 2.77. The molecule has 3 rings (SSSR count). The first-order valence-electron chi connectivity index (χ1n) is 7.78. The largest absolute Gasteiger partial charge is 0.370 e. The summed E-state index contributed by atoms with van der Waals surface area (Å²) in [7, 11) is 0. The van der Waals surface area contributed by atoms with E-state index >= 15 is 0 Å². The monoisotopic (exact) mass is 320 g/mol. The molecule has 1 heterocycles. The zero-order chi connectivity index (χ0) is 16.2. The molecule has 1 saturated heterocycles. The SMILES string of the molecule is Fc1ccc(N2CCCN(Cc3ccc(F)c(F)c3)CC2)cc1. The van der Waals surface area contributed by atoms with Gasteiger partial charge in [-0.15, -0.1) is 0 Å².